The third-order valence-corrected chi connectivity index (χ3v) is 6.97. The van der Waals surface area contributed by atoms with Gasteiger partial charge in [-0.2, -0.15) is 13.2 Å². The van der Waals surface area contributed by atoms with Gasteiger partial charge in [-0.1, -0.05) is 69.5 Å². The van der Waals surface area contributed by atoms with E-state index in [0.717, 1.165) is 37.1 Å². The van der Waals surface area contributed by atoms with E-state index in [9.17, 15) is 13.2 Å². The highest BCUT2D eigenvalue weighted by Crippen LogP contribution is 2.47. The molecule has 0 radical (unpaired) electrons. The summed E-state index contributed by atoms with van der Waals surface area (Å²) < 4.78 is 38.7. The number of fused-ring (bicyclic) bond motifs is 3. The summed E-state index contributed by atoms with van der Waals surface area (Å²) >= 11 is 0. The molecule has 2 heterocycles. The van der Waals surface area contributed by atoms with Crippen molar-refractivity contribution in [2.45, 2.75) is 64.5 Å². The van der Waals surface area contributed by atoms with Crippen molar-refractivity contribution < 1.29 is 13.2 Å². The van der Waals surface area contributed by atoms with E-state index in [-0.39, 0.29) is 0 Å². The highest BCUT2D eigenvalue weighted by atomic mass is 19.4. The highest BCUT2D eigenvalue weighted by molar-refractivity contribution is 5.57. The number of nitrogens with one attached hydrogen (secondary N) is 1. The lowest BCUT2D eigenvalue weighted by molar-refractivity contribution is -0.137. The van der Waals surface area contributed by atoms with Crippen LogP contribution in [0.4, 0.5) is 18.9 Å². The Bertz CT molecular complexity index is 963. The highest BCUT2D eigenvalue weighted by Gasteiger charge is 2.37. The van der Waals surface area contributed by atoms with E-state index in [1.807, 2.05) is 48.8 Å². The molecule has 1 aliphatic carbocycles. The zero-order chi connectivity index (χ0) is 25.1. The van der Waals surface area contributed by atoms with Gasteiger partial charge in [0, 0.05) is 24.6 Å². The summed E-state index contributed by atoms with van der Waals surface area (Å²) in [5.41, 5.74) is 2.65. The van der Waals surface area contributed by atoms with Crippen LogP contribution in [0.3, 0.4) is 0 Å². The number of aryl methyl sites for hydroxylation is 1. The summed E-state index contributed by atoms with van der Waals surface area (Å²) in [5.74, 6) is 1.46. The van der Waals surface area contributed by atoms with Crippen molar-refractivity contribution in [2.75, 3.05) is 11.9 Å². The molecule has 2 aliphatic rings. The van der Waals surface area contributed by atoms with Gasteiger partial charge in [0.2, 0.25) is 0 Å². The van der Waals surface area contributed by atoms with Crippen LogP contribution in [0.15, 0.2) is 79.1 Å². The first-order valence-corrected chi connectivity index (χ1v) is 12.8. The number of anilines is 1. The van der Waals surface area contributed by atoms with Gasteiger partial charge < -0.3 is 5.32 Å². The fourth-order valence-electron chi connectivity index (χ4n) is 4.99. The quantitative estimate of drug-likeness (QED) is 0.404. The lowest BCUT2D eigenvalue weighted by atomic mass is 9.68. The molecule has 0 spiro atoms. The van der Waals surface area contributed by atoms with E-state index in [0.29, 0.717) is 17.8 Å². The molecule has 3 unspecified atom stereocenters. The van der Waals surface area contributed by atoms with Gasteiger partial charge in [0.25, 0.3) is 0 Å². The maximum atomic E-state index is 12.9. The predicted molar refractivity (Wildman–Crippen MR) is 138 cm³/mol. The molecule has 35 heavy (non-hydrogen) atoms. The molecule has 188 valence electrons. The summed E-state index contributed by atoms with van der Waals surface area (Å²) in [6.07, 6.45) is 6.32. The predicted octanol–water partition coefficient (Wildman–Crippen LogP) is 8.76. The molecule has 2 aromatic carbocycles. The fourth-order valence-corrected chi connectivity index (χ4v) is 4.99. The van der Waals surface area contributed by atoms with Gasteiger partial charge in [-0.25, -0.2) is 0 Å². The minimum atomic E-state index is -4.25. The molecule has 1 aliphatic heterocycles. The zero-order valence-corrected chi connectivity index (χ0v) is 20.8. The van der Waals surface area contributed by atoms with Gasteiger partial charge in [0.15, 0.2) is 0 Å². The van der Waals surface area contributed by atoms with Crippen molar-refractivity contribution in [2.24, 2.45) is 11.8 Å². The minimum Gasteiger partial charge on any atom is -0.385 e. The van der Waals surface area contributed by atoms with Gasteiger partial charge in [0.05, 0.1) is 5.56 Å². The Morgan fingerprint density at radius 2 is 1.57 bits per heavy atom. The topological polar surface area (TPSA) is 24.9 Å². The van der Waals surface area contributed by atoms with Crippen LogP contribution in [0, 0.1) is 11.8 Å². The molecule has 0 amide bonds. The summed E-state index contributed by atoms with van der Waals surface area (Å²) in [7, 11) is 0. The fraction of sp³-hybridized carbons (Fsp3) is 0.433. The van der Waals surface area contributed by atoms with Crippen molar-refractivity contribution in [1.29, 1.82) is 0 Å². The van der Waals surface area contributed by atoms with Crippen molar-refractivity contribution >= 4 is 5.69 Å². The molecular formula is C30H37F3N2. The zero-order valence-electron chi connectivity index (χ0n) is 20.8. The number of benzene rings is 2. The maximum Gasteiger partial charge on any atom is 0.416 e. The van der Waals surface area contributed by atoms with E-state index < -0.39 is 11.7 Å². The molecule has 1 N–H and O–H groups in total. The minimum absolute atomic E-state index is 0.298. The smallest absolute Gasteiger partial charge is 0.385 e. The van der Waals surface area contributed by atoms with Crippen LogP contribution < -0.4 is 5.32 Å². The normalized spacial score (nSPS) is 20.5. The Morgan fingerprint density at radius 1 is 0.914 bits per heavy atom. The van der Waals surface area contributed by atoms with Gasteiger partial charge in [-0.05, 0) is 78.5 Å². The number of pyridine rings is 1. The molecular weight excluding hydrogens is 445 g/mol. The first-order chi connectivity index (χ1) is 16.9. The number of nitrogens with zero attached hydrogens (tertiary/aromatic N) is 1. The Balaban J connectivity index is 0.000000187. The summed E-state index contributed by atoms with van der Waals surface area (Å²) in [6, 6.07) is 20.3. The number of hydrogen-bond donors (Lipinski definition) is 1. The Kier molecular flexibility index (Phi) is 10.2. The molecule has 3 atom stereocenters. The first-order valence-electron chi connectivity index (χ1n) is 12.8. The van der Waals surface area contributed by atoms with Crippen molar-refractivity contribution in [3.05, 3.63) is 95.8 Å². The van der Waals surface area contributed by atoms with Crippen molar-refractivity contribution in [3.8, 4) is 0 Å². The van der Waals surface area contributed by atoms with Crippen LogP contribution in [0.2, 0.25) is 0 Å². The van der Waals surface area contributed by atoms with Gasteiger partial charge in [-0.3, -0.25) is 4.98 Å². The van der Waals surface area contributed by atoms with E-state index in [1.165, 1.54) is 37.0 Å². The monoisotopic (exact) mass is 482 g/mol. The third-order valence-electron chi connectivity index (χ3n) is 6.97. The van der Waals surface area contributed by atoms with E-state index >= 15 is 0 Å². The van der Waals surface area contributed by atoms with Crippen molar-refractivity contribution in [3.63, 3.8) is 0 Å². The average molecular weight is 483 g/mol. The Labute approximate surface area is 208 Å². The summed E-state index contributed by atoms with van der Waals surface area (Å²) in [5, 5.41) is 3.31. The first kappa shape index (κ1) is 26.8. The van der Waals surface area contributed by atoms with E-state index in [1.54, 1.807) is 6.07 Å². The van der Waals surface area contributed by atoms with Crippen LogP contribution in [-0.2, 0) is 12.6 Å². The number of aromatic nitrogens is 1. The standard InChI is InChI=1S/C16H20F3N.C8H11N.C6H6/c1-2-10-3-4-11-9-20-15-6-5-12(16(17,18)19)8-14(15)13(11)7-10;1-2-3-8-4-6-9-7-5-8;1-2-4-6-5-3-1/h5-6,8,10-11,13,20H,2-4,7,9H2,1H3;4-7H,2-3H2,1H3;1-6H. The lowest BCUT2D eigenvalue weighted by Crippen LogP contribution is -2.33. The molecule has 1 aromatic heterocycles. The molecule has 5 heteroatoms. The molecule has 3 aromatic rings. The van der Waals surface area contributed by atoms with Crippen LogP contribution in [0.1, 0.15) is 68.6 Å². The summed E-state index contributed by atoms with van der Waals surface area (Å²) in [6.45, 7) is 5.26. The van der Waals surface area contributed by atoms with Gasteiger partial charge in [0.1, 0.15) is 0 Å². The molecule has 5 rings (SSSR count). The van der Waals surface area contributed by atoms with E-state index in [4.69, 9.17) is 0 Å². The largest absolute Gasteiger partial charge is 0.416 e. The Hall–Kier alpha value is -2.82. The second kappa shape index (κ2) is 13.3. The lowest BCUT2D eigenvalue weighted by Gasteiger charge is -2.41. The van der Waals surface area contributed by atoms with Crippen LogP contribution in [-0.4, -0.2) is 11.5 Å². The Morgan fingerprint density at radius 3 is 2.14 bits per heavy atom. The molecule has 2 nitrogen and oxygen atoms in total. The van der Waals surface area contributed by atoms with Crippen molar-refractivity contribution in [1.82, 2.24) is 4.98 Å². The molecule has 1 saturated carbocycles. The van der Waals surface area contributed by atoms with Gasteiger partial charge >= 0.3 is 6.18 Å². The molecule has 1 fully saturated rings. The van der Waals surface area contributed by atoms with Gasteiger partial charge in [-0.15, -0.1) is 0 Å². The molecule has 0 saturated heterocycles. The average Bonchev–Trinajstić information content (AvgIpc) is 2.90. The third kappa shape index (κ3) is 8.12. The SMILES string of the molecule is CCC1CCC2CNc3ccc(C(F)(F)F)cc3C2C1.CCCc1ccncc1.c1ccccc1. The summed E-state index contributed by atoms with van der Waals surface area (Å²) in [4.78, 5) is 3.93. The maximum absolute atomic E-state index is 12.9. The number of rotatable bonds is 3. The number of alkyl halides is 3. The van der Waals surface area contributed by atoms with Crippen LogP contribution in [0.25, 0.3) is 0 Å². The molecule has 0 bridgehead atoms. The van der Waals surface area contributed by atoms with E-state index in [2.05, 4.69) is 36.3 Å². The second-order valence-electron chi connectivity index (χ2n) is 9.39. The second-order valence-corrected chi connectivity index (χ2v) is 9.39. The van der Waals surface area contributed by atoms with Crippen LogP contribution in [0.5, 0.6) is 0 Å². The van der Waals surface area contributed by atoms with Crippen LogP contribution >= 0.6 is 0 Å². The number of hydrogen-bond acceptors (Lipinski definition) is 2. The number of halogens is 3.